The highest BCUT2D eigenvalue weighted by Gasteiger charge is 2.31. The fourth-order valence-corrected chi connectivity index (χ4v) is 4.75. The summed E-state index contributed by atoms with van der Waals surface area (Å²) >= 11 is 0. The predicted octanol–water partition coefficient (Wildman–Crippen LogP) is 1.60. The normalized spacial score (nSPS) is 12.5. The molecule has 0 spiro atoms. The summed E-state index contributed by atoms with van der Waals surface area (Å²) in [4.78, 5) is 65.2. The Morgan fingerprint density at radius 3 is 2.64 bits per heavy atom. The molecule has 0 aliphatic carbocycles. The van der Waals surface area contributed by atoms with Crippen LogP contribution in [0.2, 0.25) is 0 Å². The number of nitrogens with one attached hydrogen (secondary N) is 1. The van der Waals surface area contributed by atoms with E-state index in [0.29, 0.717) is 29.6 Å². The number of carboxylic acids is 1. The number of aryl methyl sites for hydroxylation is 1. The van der Waals surface area contributed by atoms with Crippen LogP contribution in [0.5, 0.6) is 5.75 Å². The second-order valence-corrected chi connectivity index (χ2v) is 8.98. The Kier molecular flexibility index (Phi) is 8.05. The molecule has 0 fully saturated rings. The fraction of sp³-hybridized carbons (Fsp3) is 0.333. The van der Waals surface area contributed by atoms with Crippen LogP contribution in [0.25, 0.3) is 22.3 Å². The maximum Gasteiger partial charge on any atom is 0.322 e. The number of ether oxygens (including phenoxy) is 2. The summed E-state index contributed by atoms with van der Waals surface area (Å²) in [6.07, 6.45) is -1.18. The van der Waals surface area contributed by atoms with Gasteiger partial charge in [-0.25, -0.2) is 4.98 Å². The van der Waals surface area contributed by atoms with E-state index >= 15 is 0 Å². The molecule has 12 nitrogen and oxygen atoms in total. The first-order chi connectivity index (χ1) is 18.7. The number of phenols is 1. The van der Waals surface area contributed by atoms with Crippen LogP contribution in [0, 0.1) is 0 Å². The molecular formula is C27H27N3O9. The monoisotopic (exact) mass is 537 g/mol. The zero-order valence-electron chi connectivity index (χ0n) is 21.4. The third-order valence-electron chi connectivity index (χ3n) is 6.51. The number of carboxylic acid groups (broad SMARTS) is 1. The first-order valence-electron chi connectivity index (χ1n) is 12.2. The summed E-state index contributed by atoms with van der Waals surface area (Å²) in [6.45, 7) is 1.47. The van der Waals surface area contributed by atoms with E-state index in [1.54, 1.807) is 18.2 Å². The zero-order valence-corrected chi connectivity index (χ0v) is 21.4. The van der Waals surface area contributed by atoms with Gasteiger partial charge in [-0.3, -0.25) is 24.0 Å². The first-order valence-corrected chi connectivity index (χ1v) is 12.2. The van der Waals surface area contributed by atoms with Crippen LogP contribution in [-0.2, 0) is 48.2 Å². The number of benzene rings is 1. The smallest absolute Gasteiger partial charge is 0.322 e. The number of carbonyl (C=O) groups excluding carboxylic acids is 3. The molecule has 204 valence electrons. The van der Waals surface area contributed by atoms with Crippen LogP contribution in [0.3, 0.4) is 0 Å². The highest BCUT2D eigenvalue weighted by molar-refractivity contribution is 5.89. The highest BCUT2D eigenvalue weighted by Crippen LogP contribution is 2.38. The minimum Gasteiger partial charge on any atom is -0.508 e. The summed E-state index contributed by atoms with van der Waals surface area (Å²) in [7, 11) is 1.39. The molecule has 2 aromatic heterocycles. The molecule has 0 radical (unpaired) electrons. The number of nitrogens with zero attached hydrogens (tertiary/aromatic N) is 2. The van der Waals surface area contributed by atoms with Gasteiger partial charge >= 0.3 is 11.9 Å². The molecule has 1 unspecified atom stereocenters. The lowest BCUT2D eigenvalue weighted by Gasteiger charge is -2.18. The maximum absolute atomic E-state index is 13.6. The van der Waals surface area contributed by atoms with Gasteiger partial charge in [0.25, 0.3) is 5.56 Å². The van der Waals surface area contributed by atoms with Gasteiger partial charge in [0, 0.05) is 30.0 Å². The summed E-state index contributed by atoms with van der Waals surface area (Å²) in [6, 6.07) is 6.44. The summed E-state index contributed by atoms with van der Waals surface area (Å²) in [5, 5.41) is 21.6. The maximum atomic E-state index is 13.6. The van der Waals surface area contributed by atoms with Crippen molar-refractivity contribution in [3.63, 3.8) is 0 Å². The van der Waals surface area contributed by atoms with Crippen molar-refractivity contribution in [1.82, 2.24) is 14.9 Å². The minimum atomic E-state index is -1.45. The molecule has 0 bridgehead atoms. The number of phenolic OH excluding ortho intramolecular Hbond substituents is 1. The number of amides is 1. The predicted molar refractivity (Wildman–Crippen MR) is 137 cm³/mol. The molecule has 3 N–H and O–H groups in total. The number of aromatic hydroxyl groups is 1. The number of pyridine rings is 2. The number of esters is 1. The largest absolute Gasteiger partial charge is 0.508 e. The van der Waals surface area contributed by atoms with E-state index in [2.05, 4.69) is 5.32 Å². The van der Waals surface area contributed by atoms with Crippen LogP contribution in [-0.4, -0.2) is 57.6 Å². The average molecular weight is 538 g/mol. The number of hydrogen-bond donors (Lipinski definition) is 3. The SMILES string of the molecule is CCc1c2c(nc3ccc(O)cc13)-c1cc(C(C=O)OC(=O)CCC(=O)NCC(=O)O)c(COC)c(=O)n1C2. The molecule has 39 heavy (non-hydrogen) atoms. The summed E-state index contributed by atoms with van der Waals surface area (Å²) < 4.78 is 12.1. The van der Waals surface area contributed by atoms with Crippen molar-refractivity contribution in [2.75, 3.05) is 13.7 Å². The molecule has 4 rings (SSSR count). The molecule has 1 aliphatic rings. The third-order valence-corrected chi connectivity index (χ3v) is 6.51. The number of fused-ring (bicyclic) bond motifs is 4. The first kappa shape index (κ1) is 27.5. The standard InChI is InChI=1S/C27H27N3O9/c1-3-15-16-8-14(32)4-5-20(16)29-26-18(15)11-30-21(26)9-17(19(13-38-2)27(30)37)22(12-31)39-25(36)7-6-23(33)28-10-24(34)35/h4-5,8-9,12,22,32H,3,6-7,10-11,13H2,1-2H3,(H,28,33)(H,34,35). The van der Waals surface area contributed by atoms with E-state index in [1.165, 1.54) is 17.7 Å². The highest BCUT2D eigenvalue weighted by atomic mass is 16.5. The molecule has 12 heteroatoms. The Balaban J connectivity index is 1.71. The van der Waals surface area contributed by atoms with Gasteiger partial charge in [-0.05, 0) is 36.2 Å². The third kappa shape index (κ3) is 5.50. The van der Waals surface area contributed by atoms with Gasteiger partial charge in [0.2, 0.25) is 5.91 Å². The van der Waals surface area contributed by atoms with Crippen LogP contribution in [0.4, 0.5) is 0 Å². The quantitative estimate of drug-likeness (QED) is 0.188. The van der Waals surface area contributed by atoms with Crippen molar-refractivity contribution < 1.29 is 38.9 Å². The second-order valence-electron chi connectivity index (χ2n) is 8.98. The number of methoxy groups -OCH3 is 1. The molecule has 0 saturated carbocycles. The Morgan fingerprint density at radius 1 is 1.21 bits per heavy atom. The number of aromatic nitrogens is 2. The van der Waals surface area contributed by atoms with Gasteiger partial charge < -0.3 is 29.6 Å². The number of hydrogen-bond acceptors (Lipinski definition) is 9. The molecule has 0 saturated heterocycles. The van der Waals surface area contributed by atoms with Gasteiger partial charge in [-0.2, -0.15) is 0 Å². The van der Waals surface area contributed by atoms with E-state index in [1.807, 2.05) is 6.92 Å². The second kappa shape index (κ2) is 11.4. The van der Waals surface area contributed by atoms with Gasteiger partial charge in [0.15, 0.2) is 12.4 Å². The lowest BCUT2D eigenvalue weighted by molar-refractivity contribution is -0.153. The van der Waals surface area contributed by atoms with Crippen LogP contribution >= 0.6 is 0 Å². The Hall–Kier alpha value is -4.58. The van der Waals surface area contributed by atoms with Crippen molar-refractivity contribution in [3.05, 3.63) is 56.9 Å². The van der Waals surface area contributed by atoms with Gasteiger partial charge in [0.05, 0.1) is 42.0 Å². The van der Waals surface area contributed by atoms with Crippen molar-refractivity contribution in [2.45, 2.75) is 45.4 Å². The molecule has 3 heterocycles. The summed E-state index contributed by atoms with van der Waals surface area (Å²) in [5.74, 6) is -2.66. The van der Waals surface area contributed by atoms with Crippen molar-refractivity contribution in [1.29, 1.82) is 0 Å². The van der Waals surface area contributed by atoms with Crippen LogP contribution < -0.4 is 10.9 Å². The van der Waals surface area contributed by atoms with Gasteiger partial charge in [0.1, 0.15) is 12.3 Å². The van der Waals surface area contributed by atoms with Crippen molar-refractivity contribution >= 4 is 35.0 Å². The topological polar surface area (TPSA) is 174 Å². The molecule has 1 aromatic carbocycles. The number of carbonyl (C=O) groups is 4. The Labute approximate surface area is 222 Å². The van der Waals surface area contributed by atoms with E-state index in [0.717, 1.165) is 16.5 Å². The molecule has 3 aromatic rings. The van der Waals surface area contributed by atoms with E-state index in [4.69, 9.17) is 19.6 Å². The molecule has 1 atom stereocenters. The molecule has 1 aliphatic heterocycles. The zero-order chi connectivity index (χ0) is 28.3. The average Bonchev–Trinajstić information content (AvgIpc) is 3.28. The number of aliphatic carboxylic acids is 1. The molecule has 1 amide bonds. The van der Waals surface area contributed by atoms with Gasteiger partial charge in [-0.1, -0.05) is 6.92 Å². The Morgan fingerprint density at radius 2 is 1.97 bits per heavy atom. The van der Waals surface area contributed by atoms with E-state index in [-0.39, 0.29) is 36.4 Å². The lowest BCUT2D eigenvalue weighted by atomic mass is 9.98. The van der Waals surface area contributed by atoms with E-state index < -0.39 is 42.5 Å². The molecular weight excluding hydrogens is 510 g/mol. The minimum absolute atomic E-state index is 0.103. The number of rotatable bonds is 11. The van der Waals surface area contributed by atoms with Crippen LogP contribution in [0.15, 0.2) is 29.1 Å². The van der Waals surface area contributed by atoms with Crippen LogP contribution in [0.1, 0.15) is 48.1 Å². The lowest BCUT2D eigenvalue weighted by Crippen LogP contribution is -2.30. The summed E-state index contributed by atoms with van der Waals surface area (Å²) in [5.41, 5.74) is 3.25. The van der Waals surface area contributed by atoms with E-state index in [9.17, 15) is 29.1 Å². The van der Waals surface area contributed by atoms with Crippen molar-refractivity contribution in [3.8, 4) is 17.1 Å². The number of aldehydes is 1. The Bertz CT molecular complexity index is 1540. The van der Waals surface area contributed by atoms with Gasteiger partial charge in [-0.15, -0.1) is 0 Å². The van der Waals surface area contributed by atoms with Crippen molar-refractivity contribution in [2.24, 2.45) is 0 Å². The fourth-order valence-electron chi connectivity index (χ4n) is 4.75.